The Bertz CT molecular complexity index is 148. The Morgan fingerprint density at radius 1 is 1.58 bits per heavy atom. The summed E-state index contributed by atoms with van der Waals surface area (Å²) in [5.74, 6) is -0.147. The van der Waals surface area contributed by atoms with Gasteiger partial charge in [0.2, 0.25) is 0 Å². The SMILES string of the molecule is COCC(C=O)SCC(=O)OC. The van der Waals surface area contributed by atoms with Crippen molar-refractivity contribution in [3.05, 3.63) is 0 Å². The fourth-order valence-corrected chi connectivity index (χ4v) is 1.30. The van der Waals surface area contributed by atoms with Crippen LogP contribution < -0.4 is 0 Å². The van der Waals surface area contributed by atoms with Gasteiger partial charge >= 0.3 is 5.97 Å². The minimum atomic E-state index is -0.331. The van der Waals surface area contributed by atoms with Crippen LogP contribution >= 0.6 is 11.8 Å². The number of methoxy groups -OCH3 is 2. The van der Waals surface area contributed by atoms with Gasteiger partial charge in [0.05, 0.1) is 24.7 Å². The first-order valence-corrected chi connectivity index (χ1v) is 4.42. The van der Waals surface area contributed by atoms with Crippen LogP contribution in [0.2, 0.25) is 0 Å². The maximum Gasteiger partial charge on any atom is 0.315 e. The molecule has 0 aromatic rings. The number of ether oxygens (including phenoxy) is 2. The zero-order chi connectivity index (χ0) is 9.40. The highest BCUT2D eigenvalue weighted by Crippen LogP contribution is 2.08. The van der Waals surface area contributed by atoms with Crippen molar-refractivity contribution in [2.24, 2.45) is 0 Å². The summed E-state index contributed by atoms with van der Waals surface area (Å²) in [6.45, 7) is 0.325. The monoisotopic (exact) mass is 192 g/mol. The van der Waals surface area contributed by atoms with Gasteiger partial charge in [-0.25, -0.2) is 0 Å². The fraction of sp³-hybridized carbons (Fsp3) is 0.714. The molecule has 0 aliphatic heterocycles. The molecule has 0 N–H and O–H groups in total. The standard InChI is InChI=1S/C7H12O4S/c1-10-4-6(3-8)12-5-7(9)11-2/h3,6H,4-5H2,1-2H3. The fourth-order valence-electron chi connectivity index (χ4n) is 0.525. The number of rotatable bonds is 6. The maximum atomic E-state index is 10.6. The number of hydrogen-bond acceptors (Lipinski definition) is 5. The lowest BCUT2D eigenvalue weighted by Gasteiger charge is -2.06. The summed E-state index contributed by atoms with van der Waals surface area (Å²) in [6.07, 6.45) is 0.761. The average molecular weight is 192 g/mol. The first-order chi connectivity index (χ1) is 5.74. The highest BCUT2D eigenvalue weighted by Gasteiger charge is 2.10. The summed E-state index contributed by atoms with van der Waals surface area (Å²) in [4.78, 5) is 21.0. The van der Waals surface area contributed by atoms with Gasteiger partial charge in [0.1, 0.15) is 6.29 Å². The molecule has 0 bridgehead atoms. The Balaban J connectivity index is 3.57. The number of carbonyl (C=O) groups excluding carboxylic acids is 2. The molecule has 0 saturated heterocycles. The van der Waals surface area contributed by atoms with E-state index in [4.69, 9.17) is 4.74 Å². The third-order valence-electron chi connectivity index (χ3n) is 1.13. The molecule has 0 aliphatic carbocycles. The van der Waals surface area contributed by atoms with Crippen molar-refractivity contribution < 1.29 is 19.1 Å². The van der Waals surface area contributed by atoms with Crippen molar-refractivity contribution in [1.82, 2.24) is 0 Å². The van der Waals surface area contributed by atoms with Crippen LogP contribution in [0.5, 0.6) is 0 Å². The summed E-state index contributed by atoms with van der Waals surface area (Å²) in [5, 5.41) is -0.283. The Hall–Kier alpha value is -0.550. The van der Waals surface area contributed by atoms with Gasteiger partial charge in [0.15, 0.2) is 0 Å². The second kappa shape index (κ2) is 7.12. The van der Waals surface area contributed by atoms with Gasteiger partial charge in [0.25, 0.3) is 0 Å². The molecule has 4 nitrogen and oxygen atoms in total. The lowest BCUT2D eigenvalue weighted by molar-refractivity contribution is -0.137. The van der Waals surface area contributed by atoms with Crippen LogP contribution in [0.25, 0.3) is 0 Å². The second-order valence-electron chi connectivity index (χ2n) is 2.02. The first-order valence-electron chi connectivity index (χ1n) is 3.37. The van der Waals surface area contributed by atoms with Crippen LogP contribution in [0, 0.1) is 0 Å². The lowest BCUT2D eigenvalue weighted by Crippen LogP contribution is -2.15. The molecule has 0 rings (SSSR count). The molecule has 0 fully saturated rings. The maximum absolute atomic E-state index is 10.6. The molecule has 0 aromatic carbocycles. The van der Waals surface area contributed by atoms with Crippen molar-refractivity contribution in [3.8, 4) is 0 Å². The van der Waals surface area contributed by atoms with Crippen molar-refractivity contribution in [2.75, 3.05) is 26.6 Å². The van der Waals surface area contributed by atoms with Crippen LogP contribution in [-0.4, -0.2) is 44.1 Å². The molecule has 70 valence electrons. The molecule has 12 heavy (non-hydrogen) atoms. The zero-order valence-corrected chi connectivity index (χ0v) is 7.93. The Morgan fingerprint density at radius 2 is 2.25 bits per heavy atom. The summed E-state index contributed by atoms with van der Waals surface area (Å²) in [7, 11) is 2.82. The van der Waals surface area contributed by atoms with Crippen LogP contribution in [0.3, 0.4) is 0 Å². The number of aldehydes is 1. The molecule has 1 unspecified atom stereocenters. The zero-order valence-electron chi connectivity index (χ0n) is 7.11. The highest BCUT2D eigenvalue weighted by atomic mass is 32.2. The number of carbonyl (C=O) groups is 2. The molecule has 0 spiro atoms. The smallest absolute Gasteiger partial charge is 0.315 e. The molecule has 5 heteroatoms. The van der Waals surface area contributed by atoms with E-state index in [-0.39, 0.29) is 17.0 Å². The van der Waals surface area contributed by atoms with Crippen molar-refractivity contribution in [1.29, 1.82) is 0 Å². The molecule has 0 aliphatic rings. The molecule has 0 amide bonds. The van der Waals surface area contributed by atoms with Crippen LogP contribution in [0.4, 0.5) is 0 Å². The van der Waals surface area contributed by atoms with E-state index < -0.39 is 0 Å². The van der Waals surface area contributed by atoms with Gasteiger partial charge in [-0.05, 0) is 0 Å². The Kier molecular flexibility index (Phi) is 6.79. The quantitative estimate of drug-likeness (QED) is 0.441. The van der Waals surface area contributed by atoms with Crippen LogP contribution in [0.15, 0.2) is 0 Å². The van der Waals surface area contributed by atoms with Gasteiger partial charge < -0.3 is 14.3 Å². The third kappa shape index (κ3) is 5.15. The van der Waals surface area contributed by atoms with E-state index in [1.165, 1.54) is 26.0 Å². The number of esters is 1. The average Bonchev–Trinajstić information content (AvgIpc) is 2.11. The van der Waals surface area contributed by atoms with E-state index in [0.717, 1.165) is 6.29 Å². The predicted molar refractivity (Wildman–Crippen MR) is 46.2 cm³/mol. The molecule has 0 heterocycles. The largest absolute Gasteiger partial charge is 0.468 e. The summed E-state index contributed by atoms with van der Waals surface area (Å²) in [6, 6.07) is 0. The van der Waals surface area contributed by atoms with Gasteiger partial charge in [-0.2, -0.15) is 0 Å². The van der Waals surface area contributed by atoms with E-state index in [1.807, 2.05) is 0 Å². The second-order valence-corrected chi connectivity index (χ2v) is 3.24. The summed E-state index contributed by atoms with van der Waals surface area (Å²) < 4.78 is 9.16. The van der Waals surface area contributed by atoms with Gasteiger partial charge in [-0.15, -0.1) is 11.8 Å². The van der Waals surface area contributed by atoms with E-state index in [9.17, 15) is 9.59 Å². The topological polar surface area (TPSA) is 52.6 Å². The van der Waals surface area contributed by atoms with Gasteiger partial charge in [-0.3, -0.25) is 4.79 Å². The molecule has 1 atom stereocenters. The Labute approximate surface area is 75.6 Å². The highest BCUT2D eigenvalue weighted by molar-refractivity contribution is 8.01. The van der Waals surface area contributed by atoms with Crippen LogP contribution in [0.1, 0.15) is 0 Å². The molecule has 0 aromatic heterocycles. The minimum absolute atomic E-state index is 0.184. The normalized spacial score (nSPS) is 12.2. The minimum Gasteiger partial charge on any atom is -0.468 e. The van der Waals surface area contributed by atoms with Gasteiger partial charge in [0, 0.05) is 7.11 Å². The molecular formula is C7H12O4S. The third-order valence-corrected chi connectivity index (χ3v) is 2.20. The van der Waals surface area contributed by atoms with Crippen molar-refractivity contribution in [2.45, 2.75) is 5.25 Å². The van der Waals surface area contributed by atoms with Crippen molar-refractivity contribution >= 4 is 24.0 Å². The lowest BCUT2D eigenvalue weighted by atomic mass is 10.5. The van der Waals surface area contributed by atoms with E-state index >= 15 is 0 Å². The number of hydrogen-bond donors (Lipinski definition) is 0. The molecular weight excluding hydrogens is 180 g/mol. The molecule has 0 saturated carbocycles. The first kappa shape index (κ1) is 11.4. The van der Waals surface area contributed by atoms with Gasteiger partial charge in [-0.1, -0.05) is 0 Å². The van der Waals surface area contributed by atoms with Crippen molar-refractivity contribution in [3.63, 3.8) is 0 Å². The number of thioether (sulfide) groups is 1. The predicted octanol–water partition coefficient (Wildman–Crippen LogP) is 0.107. The van der Waals surface area contributed by atoms with E-state index in [2.05, 4.69) is 4.74 Å². The van der Waals surface area contributed by atoms with Crippen LogP contribution in [-0.2, 0) is 19.1 Å². The molecule has 0 radical (unpaired) electrons. The summed E-state index contributed by atoms with van der Waals surface area (Å²) in [5.41, 5.74) is 0. The summed E-state index contributed by atoms with van der Waals surface area (Å²) >= 11 is 1.21. The van der Waals surface area contributed by atoms with E-state index in [0.29, 0.717) is 6.61 Å². The van der Waals surface area contributed by atoms with E-state index in [1.54, 1.807) is 0 Å². The Morgan fingerprint density at radius 3 is 2.67 bits per heavy atom.